The van der Waals surface area contributed by atoms with Crippen LogP contribution in [0, 0.1) is 13.8 Å². The predicted octanol–water partition coefficient (Wildman–Crippen LogP) is 3.83. The van der Waals surface area contributed by atoms with Gasteiger partial charge in [0.2, 0.25) is 0 Å². The molecule has 1 atom stereocenters. The van der Waals surface area contributed by atoms with Gasteiger partial charge in [0, 0.05) is 24.6 Å². The van der Waals surface area contributed by atoms with Gasteiger partial charge in [-0.3, -0.25) is 19.7 Å². The van der Waals surface area contributed by atoms with E-state index in [4.69, 9.17) is 4.74 Å². The van der Waals surface area contributed by atoms with Crippen molar-refractivity contribution in [3.05, 3.63) is 82.4 Å². The summed E-state index contributed by atoms with van der Waals surface area (Å²) in [6.45, 7) is 7.54. The molecule has 0 aliphatic carbocycles. The van der Waals surface area contributed by atoms with Gasteiger partial charge in [-0.1, -0.05) is 18.2 Å². The van der Waals surface area contributed by atoms with Gasteiger partial charge in [-0.2, -0.15) is 5.10 Å². The molecule has 1 aromatic carbocycles. The number of pyridine rings is 1. The maximum Gasteiger partial charge on any atom is 0.295 e. The van der Waals surface area contributed by atoms with E-state index in [-0.39, 0.29) is 24.0 Å². The molecule has 0 saturated carbocycles. The molecule has 1 aliphatic rings. The van der Waals surface area contributed by atoms with Crippen molar-refractivity contribution < 1.29 is 19.4 Å². The second-order valence-corrected chi connectivity index (χ2v) is 8.33. The topological polar surface area (TPSA) is 108 Å². The lowest BCUT2D eigenvalue weighted by Crippen LogP contribution is -2.29. The number of aliphatic hydroxyl groups excluding tert-OH is 1. The average Bonchev–Trinajstić information content (AvgIpc) is 3.25. The van der Waals surface area contributed by atoms with Crippen molar-refractivity contribution in [1.29, 1.82) is 0 Å². The van der Waals surface area contributed by atoms with Crippen molar-refractivity contribution in [3.63, 3.8) is 0 Å². The molecule has 3 heterocycles. The van der Waals surface area contributed by atoms with Crippen molar-refractivity contribution >= 4 is 17.4 Å². The number of ether oxygens (including phenoxy) is 1. The number of carbonyl (C=O) groups is 2. The van der Waals surface area contributed by atoms with Crippen LogP contribution in [-0.4, -0.2) is 43.0 Å². The van der Waals surface area contributed by atoms with Crippen LogP contribution in [0.3, 0.4) is 0 Å². The number of nitrogens with one attached hydrogen (secondary N) is 1. The fourth-order valence-corrected chi connectivity index (χ4v) is 4.11. The number of aromatic amines is 1. The minimum absolute atomic E-state index is 0.0131. The first-order valence-electron chi connectivity index (χ1n) is 10.7. The molecule has 8 nitrogen and oxygen atoms in total. The van der Waals surface area contributed by atoms with Gasteiger partial charge in [0.15, 0.2) is 0 Å². The molecule has 170 valence electrons. The summed E-state index contributed by atoms with van der Waals surface area (Å²) in [7, 11) is 0. The normalized spacial score (nSPS) is 17.7. The fourth-order valence-electron chi connectivity index (χ4n) is 4.11. The number of hydrogen-bond donors (Lipinski definition) is 2. The molecule has 2 N–H and O–H groups in total. The summed E-state index contributed by atoms with van der Waals surface area (Å²) < 4.78 is 5.73. The predicted molar refractivity (Wildman–Crippen MR) is 122 cm³/mol. The Balaban J connectivity index is 1.85. The second kappa shape index (κ2) is 8.90. The van der Waals surface area contributed by atoms with Gasteiger partial charge in [0.05, 0.1) is 29.0 Å². The van der Waals surface area contributed by atoms with E-state index in [0.29, 0.717) is 28.3 Å². The quantitative estimate of drug-likeness (QED) is 0.338. The Hall–Kier alpha value is -3.94. The Bertz CT molecular complexity index is 1190. The number of carbonyl (C=O) groups excluding carboxylic acids is 2. The van der Waals surface area contributed by atoms with Crippen LogP contribution in [0.2, 0.25) is 0 Å². The zero-order valence-electron chi connectivity index (χ0n) is 19.0. The number of amides is 1. The van der Waals surface area contributed by atoms with Gasteiger partial charge in [-0.05, 0) is 57.0 Å². The maximum atomic E-state index is 13.2. The Labute approximate surface area is 191 Å². The molecule has 1 aliphatic heterocycles. The van der Waals surface area contributed by atoms with Crippen LogP contribution in [0.5, 0.6) is 5.75 Å². The number of aliphatic hydroxyl groups is 1. The minimum Gasteiger partial charge on any atom is -0.507 e. The highest BCUT2D eigenvalue weighted by atomic mass is 16.5. The molecule has 0 radical (unpaired) electrons. The molecule has 0 unspecified atom stereocenters. The molecular weight excluding hydrogens is 420 g/mol. The Morgan fingerprint density at radius 2 is 1.91 bits per heavy atom. The van der Waals surface area contributed by atoms with Crippen LogP contribution in [0.1, 0.15) is 48.0 Å². The Morgan fingerprint density at radius 3 is 2.48 bits per heavy atom. The van der Waals surface area contributed by atoms with E-state index < -0.39 is 17.7 Å². The lowest BCUT2D eigenvalue weighted by atomic mass is 9.94. The monoisotopic (exact) mass is 446 g/mol. The average molecular weight is 447 g/mol. The van der Waals surface area contributed by atoms with E-state index >= 15 is 0 Å². The molecule has 2 aromatic heterocycles. The molecule has 1 saturated heterocycles. The van der Waals surface area contributed by atoms with Gasteiger partial charge in [-0.25, -0.2) is 0 Å². The first kappa shape index (κ1) is 22.3. The highest BCUT2D eigenvalue weighted by Crippen LogP contribution is 2.41. The first-order valence-corrected chi connectivity index (χ1v) is 10.7. The van der Waals surface area contributed by atoms with E-state index in [1.54, 1.807) is 44.4 Å². The molecule has 3 aromatic rings. The van der Waals surface area contributed by atoms with Crippen molar-refractivity contribution in [3.8, 4) is 5.75 Å². The third-order valence-corrected chi connectivity index (χ3v) is 5.55. The van der Waals surface area contributed by atoms with Crippen LogP contribution >= 0.6 is 0 Å². The molecule has 0 spiro atoms. The van der Waals surface area contributed by atoms with E-state index in [2.05, 4.69) is 15.2 Å². The minimum atomic E-state index is -0.771. The van der Waals surface area contributed by atoms with Crippen LogP contribution in [-0.2, 0) is 16.1 Å². The summed E-state index contributed by atoms with van der Waals surface area (Å²) in [4.78, 5) is 31.9. The van der Waals surface area contributed by atoms with Crippen molar-refractivity contribution in [1.82, 2.24) is 20.1 Å². The van der Waals surface area contributed by atoms with Crippen LogP contribution in [0.15, 0.2) is 54.4 Å². The van der Waals surface area contributed by atoms with E-state index in [1.165, 1.54) is 4.90 Å². The SMILES string of the molecule is Cc1n[nH]c(C)c1/C(O)=C1\C(=O)C(=O)N(Cc2cccnc2)[C@@H]1c1ccc(OC(C)C)cc1. The third-order valence-electron chi connectivity index (χ3n) is 5.55. The summed E-state index contributed by atoms with van der Waals surface area (Å²) in [5.41, 5.74) is 3.09. The zero-order valence-corrected chi connectivity index (χ0v) is 19.0. The molecule has 0 bridgehead atoms. The van der Waals surface area contributed by atoms with Crippen molar-refractivity contribution in [2.45, 2.75) is 46.4 Å². The lowest BCUT2D eigenvalue weighted by molar-refractivity contribution is -0.140. The number of aryl methyl sites for hydroxylation is 2. The number of aromatic nitrogens is 3. The molecule has 4 rings (SSSR count). The second-order valence-electron chi connectivity index (χ2n) is 8.33. The highest BCUT2D eigenvalue weighted by molar-refractivity contribution is 6.46. The number of hydrogen-bond acceptors (Lipinski definition) is 6. The van der Waals surface area contributed by atoms with Gasteiger partial charge in [0.25, 0.3) is 11.7 Å². The molecule has 8 heteroatoms. The standard InChI is InChI=1S/C25H26N4O4/c1-14(2)33-19-9-7-18(8-10-19)22-21(23(30)20-15(3)27-28-16(20)4)24(31)25(32)29(22)13-17-6-5-11-26-12-17/h5-12,14,22,30H,13H2,1-4H3,(H,27,28)/b23-21+/t22-/m1/s1. The zero-order chi connectivity index (χ0) is 23.7. The number of Topliss-reactive ketones (excluding diaryl/α,β-unsaturated/α-hetero) is 1. The van der Waals surface area contributed by atoms with Gasteiger partial charge >= 0.3 is 0 Å². The summed E-state index contributed by atoms with van der Waals surface area (Å²) in [6.07, 6.45) is 3.31. The molecule has 1 amide bonds. The summed E-state index contributed by atoms with van der Waals surface area (Å²) >= 11 is 0. The third kappa shape index (κ3) is 4.24. The Morgan fingerprint density at radius 1 is 1.18 bits per heavy atom. The lowest BCUT2D eigenvalue weighted by Gasteiger charge is -2.25. The number of rotatable bonds is 6. The number of H-pyrrole nitrogens is 1. The van der Waals surface area contributed by atoms with Crippen molar-refractivity contribution in [2.24, 2.45) is 0 Å². The number of benzene rings is 1. The van der Waals surface area contributed by atoms with Crippen LogP contribution < -0.4 is 4.74 Å². The summed E-state index contributed by atoms with van der Waals surface area (Å²) in [6, 6.07) is 10.1. The maximum absolute atomic E-state index is 13.2. The van der Waals surface area contributed by atoms with Crippen molar-refractivity contribution in [2.75, 3.05) is 0 Å². The number of nitrogens with zero attached hydrogens (tertiary/aromatic N) is 3. The number of likely N-dealkylation sites (tertiary alicyclic amines) is 1. The largest absolute Gasteiger partial charge is 0.507 e. The van der Waals surface area contributed by atoms with Gasteiger partial charge in [0.1, 0.15) is 11.5 Å². The fraction of sp³-hybridized carbons (Fsp3) is 0.280. The summed E-state index contributed by atoms with van der Waals surface area (Å²) in [5, 5.41) is 18.2. The van der Waals surface area contributed by atoms with Crippen LogP contribution in [0.25, 0.3) is 5.76 Å². The Kier molecular flexibility index (Phi) is 6.00. The van der Waals surface area contributed by atoms with Gasteiger partial charge in [-0.15, -0.1) is 0 Å². The van der Waals surface area contributed by atoms with E-state index in [0.717, 1.165) is 5.56 Å². The number of ketones is 1. The van der Waals surface area contributed by atoms with Crippen LogP contribution in [0.4, 0.5) is 0 Å². The van der Waals surface area contributed by atoms with E-state index in [1.807, 2.05) is 32.0 Å². The van der Waals surface area contributed by atoms with Gasteiger partial charge < -0.3 is 14.7 Å². The first-order chi connectivity index (χ1) is 15.8. The van der Waals surface area contributed by atoms with E-state index in [9.17, 15) is 14.7 Å². The molecule has 33 heavy (non-hydrogen) atoms. The molecular formula is C25H26N4O4. The smallest absolute Gasteiger partial charge is 0.295 e. The summed E-state index contributed by atoms with van der Waals surface area (Å²) in [5.74, 6) is -0.964. The molecule has 1 fully saturated rings. The highest BCUT2D eigenvalue weighted by Gasteiger charge is 2.46.